The van der Waals surface area contributed by atoms with E-state index < -0.39 is 35.3 Å². The smallest absolute Gasteiger partial charge is 0.240 e. The number of aromatic hydroxyl groups is 1. The molecule has 2 aliphatic rings. The normalized spacial score (nSPS) is 28.3. The second kappa shape index (κ2) is 8.26. The van der Waals surface area contributed by atoms with E-state index in [0.717, 1.165) is 6.42 Å². The molecule has 8 heteroatoms. The van der Waals surface area contributed by atoms with Gasteiger partial charge in [-0.15, -0.1) is 0 Å². The Hall–Kier alpha value is -2.61. The van der Waals surface area contributed by atoms with Crippen LogP contribution in [0.15, 0.2) is 18.2 Å². The van der Waals surface area contributed by atoms with Crippen molar-refractivity contribution in [2.24, 2.45) is 17.8 Å². The van der Waals surface area contributed by atoms with E-state index in [2.05, 4.69) is 0 Å². The lowest BCUT2D eigenvalue weighted by Gasteiger charge is -2.34. The van der Waals surface area contributed by atoms with Gasteiger partial charge < -0.3 is 25.1 Å². The molecule has 2 fully saturated rings. The van der Waals surface area contributed by atoms with Gasteiger partial charge in [0.05, 0.1) is 12.7 Å². The number of hydrogen-bond donors (Lipinski definition) is 2. The maximum Gasteiger partial charge on any atom is 0.240 e. The van der Waals surface area contributed by atoms with Gasteiger partial charge in [0.2, 0.25) is 11.8 Å². The molecule has 2 amide bonds. The van der Waals surface area contributed by atoms with Gasteiger partial charge in [-0.1, -0.05) is 33.3 Å². The molecule has 8 nitrogen and oxygen atoms in total. The van der Waals surface area contributed by atoms with Gasteiger partial charge in [0.25, 0.3) is 0 Å². The molecule has 0 unspecified atom stereocenters. The summed E-state index contributed by atoms with van der Waals surface area (Å²) in [6, 6.07) is 4.17. The molecule has 4 atom stereocenters. The number of nitrogens with zero attached hydrogens (tertiary/aromatic N) is 1. The zero-order valence-electron chi connectivity index (χ0n) is 17.9. The molecule has 2 saturated heterocycles. The summed E-state index contributed by atoms with van der Waals surface area (Å²) in [4.78, 5) is 40.3. The number of carbonyl (C=O) groups is 3. The Morgan fingerprint density at radius 2 is 2.03 bits per heavy atom. The molecule has 0 spiro atoms. The number of rotatable bonds is 8. The Morgan fingerprint density at radius 3 is 2.60 bits per heavy atom. The average molecular weight is 418 g/mol. The number of nitrogens with two attached hydrogens (primary N) is 1. The predicted octanol–water partition coefficient (Wildman–Crippen LogP) is -0.0450. The number of imide groups is 1. The van der Waals surface area contributed by atoms with Crippen molar-refractivity contribution in [3.05, 3.63) is 23.8 Å². The Bertz CT molecular complexity index is 854. The van der Waals surface area contributed by atoms with Gasteiger partial charge in [0.15, 0.2) is 11.5 Å². The summed E-state index contributed by atoms with van der Waals surface area (Å²) in [5.74, 6) is -4.07. The van der Waals surface area contributed by atoms with Crippen molar-refractivity contribution in [2.45, 2.75) is 51.6 Å². The van der Waals surface area contributed by atoms with Crippen LogP contribution >= 0.6 is 0 Å². The highest BCUT2D eigenvalue weighted by atomic mass is 16.5. The third kappa shape index (κ3) is 3.33. The summed E-state index contributed by atoms with van der Waals surface area (Å²) in [5, 5.41) is 24.7. The third-order valence-corrected chi connectivity index (χ3v) is 6.33. The monoisotopic (exact) mass is 418 g/mol. The van der Waals surface area contributed by atoms with E-state index in [1.54, 1.807) is 23.5 Å². The van der Waals surface area contributed by atoms with Crippen LogP contribution in [0.4, 0.5) is 0 Å². The van der Waals surface area contributed by atoms with Crippen molar-refractivity contribution >= 4 is 17.8 Å². The zero-order valence-corrected chi connectivity index (χ0v) is 17.9. The summed E-state index contributed by atoms with van der Waals surface area (Å²) in [7, 11) is 1.42. The van der Waals surface area contributed by atoms with Crippen LogP contribution in [0.5, 0.6) is 11.5 Å². The number of carboxylic acids is 1. The molecule has 1 aromatic carbocycles. The van der Waals surface area contributed by atoms with Crippen molar-refractivity contribution in [1.82, 2.24) is 4.90 Å². The van der Waals surface area contributed by atoms with Gasteiger partial charge in [0, 0.05) is 13.0 Å². The van der Waals surface area contributed by atoms with E-state index in [1.165, 1.54) is 12.0 Å². The first-order chi connectivity index (χ1) is 14.2. The summed E-state index contributed by atoms with van der Waals surface area (Å²) in [5.41, 5.74) is -1.19. The molecule has 0 radical (unpaired) electrons. The molecule has 0 aromatic heterocycles. The van der Waals surface area contributed by atoms with Gasteiger partial charge in [0.1, 0.15) is 29.4 Å². The number of methoxy groups -OCH3 is 1. The highest BCUT2D eigenvalue weighted by molar-refractivity contribution is 6.08. The number of quaternary nitrogens is 1. The van der Waals surface area contributed by atoms with E-state index in [1.807, 2.05) is 20.8 Å². The van der Waals surface area contributed by atoms with Gasteiger partial charge in [-0.25, -0.2) is 0 Å². The first-order valence-corrected chi connectivity index (χ1v) is 10.5. The van der Waals surface area contributed by atoms with Gasteiger partial charge in [-0.2, -0.15) is 0 Å². The molecule has 0 saturated carbocycles. The number of phenols is 1. The number of fused-ring (bicyclic) bond motifs is 1. The first kappa shape index (κ1) is 22.1. The lowest BCUT2D eigenvalue weighted by Crippen LogP contribution is -2.99. The van der Waals surface area contributed by atoms with Crippen LogP contribution in [0.25, 0.3) is 0 Å². The van der Waals surface area contributed by atoms with Crippen LogP contribution in [0.3, 0.4) is 0 Å². The molecule has 2 aliphatic heterocycles. The number of likely N-dealkylation sites (tertiary alicyclic amines) is 1. The number of unbranched alkanes of at least 4 members (excludes halogenated alkanes) is 1. The minimum Gasteiger partial charge on any atom is -0.544 e. The molecule has 0 aliphatic carbocycles. The molecule has 1 aromatic rings. The maximum atomic E-state index is 13.3. The fourth-order valence-electron chi connectivity index (χ4n) is 5.12. The van der Waals surface area contributed by atoms with Crippen molar-refractivity contribution in [1.29, 1.82) is 0 Å². The molecule has 0 bridgehead atoms. The van der Waals surface area contributed by atoms with Crippen LogP contribution in [-0.4, -0.2) is 47.0 Å². The molecular weight excluding hydrogens is 388 g/mol. The summed E-state index contributed by atoms with van der Waals surface area (Å²) in [6.07, 6.45) is 1.63. The standard InChI is InChI=1S/C22H30N2O6/c1-5-6-10-24-19(26)15-16(20(24)27)22(21(28)29,11-12(2)3)23-17(15)13-8-7-9-14(30-4)18(13)25/h7-9,12,15-17,23,25H,5-6,10-11H2,1-4H3,(H,28,29)/t15-,16-,17+,22+/m0/s1. The molecular formula is C22H30N2O6. The molecule has 164 valence electrons. The van der Waals surface area contributed by atoms with E-state index in [4.69, 9.17) is 4.74 Å². The minimum atomic E-state index is -1.58. The Kier molecular flexibility index (Phi) is 6.08. The lowest BCUT2D eigenvalue weighted by atomic mass is 9.75. The number of amides is 2. The zero-order chi connectivity index (χ0) is 22.2. The van der Waals surface area contributed by atoms with Gasteiger partial charge in [-0.3, -0.25) is 14.5 Å². The Morgan fingerprint density at radius 1 is 1.33 bits per heavy atom. The number of carbonyl (C=O) groups excluding carboxylic acids is 3. The number of benzene rings is 1. The number of ether oxygens (including phenoxy) is 1. The van der Waals surface area contributed by atoms with E-state index in [0.29, 0.717) is 12.0 Å². The summed E-state index contributed by atoms with van der Waals surface area (Å²) >= 11 is 0. The van der Waals surface area contributed by atoms with Crippen LogP contribution in [0.2, 0.25) is 0 Å². The van der Waals surface area contributed by atoms with E-state index >= 15 is 0 Å². The highest BCUT2D eigenvalue weighted by Crippen LogP contribution is 2.48. The number of aliphatic carboxylic acids is 1. The van der Waals surface area contributed by atoms with Crippen molar-refractivity contribution in [2.75, 3.05) is 13.7 Å². The van der Waals surface area contributed by atoms with Crippen LogP contribution in [0.1, 0.15) is 51.6 Å². The fraction of sp³-hybridized carbons (Fsp3) is 0.591. The van der Waals surface area contributed by atoms with Crippen LogP contribution in [0, 0.1) is 17.8 Å². The van der Waals surface area contributed by atoms with E-state index in [9.17, 15) is 24.6 Å². The van der Waals surface area contributed by atoms with Crippen LogP contribution in [-0.2, 0) is 14.4 Å². The SMILES string of the molecule is CCCCN1C(=O)[C@@H]2[C@@H](c3cccc(OC)c3O)[NH2+][C@@](CC(C)C)(C(=O)[O-])[C@@H]2C1=O. The number of para-hydroxylation sites is 1. The number of hydrogen-bond acceptors (Lipinski definition) is 6. The third-order valence-electron chi connectivity index (χ3n) is 6.33. The molecule has 2 heterocycles. The maximum absolute atomic E-state index is 13.3. The minimum absolute atomic E-state index is 0.0370. The highest BCUT2D eigenvalue weighted by Gasteiger charge is 2.69. The Labute approximate surface area is 176 Å². The van der Waals surface area contributed by atoms with Crippen molar-refractivity contribution in [3.63, 3.8) is 0 Å². The predicted molar refractivity (Wildman–Crippen MR) is 105 cm³/mol. The lowest BCUT2D eigenvalue weighted by molar-refractivity contribution is -0.740. The molecule has 3 rings (SSSR count). The molecule has 30 heavy (non-hydrogen) atoms. The van der Waals surface area contributed by atoms with E-state index in [-0.39, 0.29) is 36.3 Å². The van der Waals surface area contributed by atoms with Crippen LogP contribution < -0.4 is 15.2 Å². The largest absolute Gasteiger partial charge is 0.544 e. The van der Waals surface area contributed by atoms with Gasteiger partial charge >= 0.3 is 0 Å². The number of phenolic OH excluding ortho intramolecular Hbond substituents is 1. The topological polar surface area (TPSA) is 124 Å². The average Bonchev–Trinajstić information content (AvgIpc) is 3.15. The Balaban J connectivity index is 2.15. The van der Waals surface area contributed by atoms with Gasteiger partial charge in [-0.05, 0) is 24.5 Å². The van der Waals surface area contributed by atoms with Crippen molar-refractivity contribution in [3.8, 4) is 11.5 Å². The second-order valence-corrected chi connectivity index (χ2v) is 8.70. The number of carboxylic acid groups (broad SMARTS) is 1. The summed E-state index contributed by atoms with van der Waals surface area (Å²) in [6.45, 7) is 5.98. The molecule has 3 N–H and O–H groups in total. The quantitative estimate of drug-likeness (QED) is 0.571. The summed E-state index contributed by atoms with van der Waals surface area (Å²) < 4.78 is 5.19. The second-order valence-electron chi connectivity index (χ2n) is 8.70. The van der Waals surface area contributed by atoms with Crippen molar-refractivity contribution < 1.29 is 34.7 Å². The fourth-order valence-corrected chi connectivity index (χ4v) is 5.12. The first-order valence-electron chi connectivity index (χ1n) is 10.5.